The van der Waals surface area contributed by atoms with Gasteiger partial charge in [-0.05, 0) is 17.7 Å². The summed E-state index contributed by atoms with van der Waals surface area (Å²) in [5.41, 5.74) is 0.301. The Morgan fingerprint density at radius 3 is 2.35 bits per heavy atom. The number of sulfone groups is 1. The minimum atomic E-state index is -3.34. The predicted molar refractivity (Wildman–Crippen MR) is 73.1 cm³/mol. The van der Waals surface area contributed by atoms with Crippen molar-refractivity contribution in [3.63, 3.8) is 0 Å². The SMILES string of the molecule is CS(=O)(=O)c1ccc([C@@H](O)[C@@H](CF)NC(=O)CCl)cc1. The maximum atomic E-state index is 12.8. The van der Waals surface area contributed by atoms with Crippen molar-refractivity contribution in [2.45, 2.75) is 17.0 Å². The highest BCUT2D eigenvalue weighted by Crippen LogP contribution is 2.19. The van der Waals surface area contributed by atoms with Crippen molar-refractivity contribution in [1.82, 2.24) is 5.32 Å². The van der Waals surface area contributed by atoms with Crippen molar-refractivity contribution in [1.29, 1.82) is 0 Å². The first-order valence-corrected chi connectivity index (χ1v) is 8.11. The van der Waals surface area contributed by atoms with E-state index in [1.54, 1.807) is 0 Å². The van der Waals surface area contributed by atoms with Crippen LogP contribution < -0.4 is 5.32 Å². The van der Waals surface area contributed by atoms with Gasteiger partial charge in [0.1, 0.15) is 18.7 Å². The highest BCUT2D eigenvalue weighted by molar-refractivity contribution is 7.90. The number of aliphatic hydroxyl groups excluding tert-OH is 1. The Balaban J connectivity index is 2.90. The van der Waals surface area contributed by atoms with Gasteiger partial charge in [-0.2, -0.15) is 0 Å². The second kappa shape index (κ2) is 7.01. The number of amides is 1. The van der Waals surface area contributed by atoms with E-state index in [1.807, 2.05) is 0 Å². The lowest BCUT2D eigenvalue weighted by Crippen LogP contribution is -2.41. The standard InChI is InChI=1S/C12H15ClFNO4S/c1-20(18,19)9-4-2-8(3-5-9)12(17)10(7-14)15-11(16)6-13/h2-5,10,12,17H,6-7H2,1H3,(H,15,16)/t10-,12-/m1/s1. The lowest BCUT2D eigenvalue weighted by Gasteiger charge is -2.21. The minimum absolute atomic E-state index is 0.0926. The maximum absolute atomic E-state index is 12.8. The van der Waals surface area contributed by atoms with E-state index in [9.17, 15) is 22.7 Å². The number of rotatable bonds is 6. The van der Waals surface area contributed by atoms with Gasteiger partial charge in [0.2, 0.25) is 5.91 Å². The average molecular weight is 324 g/mol. The summed E-state index contributed by atoms with van der Waals surface area (Å²) in [4.78, 5) is 11.2. The Labute approximate surface area is 121 Å². The molecule has 1 aromatic carbocycles. The number of aliphatic hydroxyl groups is 1. The van der Waals surface area contributed by atoms with E-state index >= 15 is 0 Å². The van der Waals surface area contributed by atoms with Gasteiger partial charge in [-0.1, -0.05) is 12.1 Å². The molecule has 0 aliphatic heterocycles. The normalized spacial score (nSPS) is 14.6. The summed E-state index contributed by atoms with van der Waals surface area (Å²) in [6.07, 6.45) is -0.232. The largest absolute Gasteiger partial charge is 0.386 e. The van der Waals surface area contributed by atoms with Gasteiger partial charge in [-0.25, -0.2) is 12.8 Å². The van der Waals surface area contributed by atoms with Crippen LogP contribution in [-0.2, 0) is 14.6 Å². The summed E-state index contributed by atoms with van der Waals surface area (Å²) in [6.45, 7) is -0.975. The first kappa shape index (κ1) is 16.9. The van der Waals surface area contributed by atoms with Crippen LogP contribution in [0.1, 0.15) is 11.7 Å². The molecule has 0 fully saturated rings. The Morgan fingerprint density at radius 2 is 1.95 bits per heavy atom. The van der Waals surface area contributed by atoms with Crippen LogP contribution in [0.5, 0.6) is 0 Å². The second-order valence-corrected chi connectivity index (χ2v) is 6.53. The molecule has 112 valence electrons. The minimum Gasteiger partial charge on any atom is -0.386 e. The van der Waals surface area contributed by atoms with E-state index in [1.165, 1.54) is 24.3 Å². The fourth-order valence-electron chi connectivity index (χ4n) is 1.59. The summed E-state index contributed by atoms with van der Waals surface area (Å²) < 4.78 is 35.4. The molecule has 2 N–H and O–H groups in total. The van der Waals surface area contributed by atoms with Crippen LogP contribution in [0.3, 0.4) is 0 Å². The molecule has 0 aliphatic rings. The molecule has 1 aromatic rings. The molecule has 0 saturated carbocycles. The molecule has 0 bridgehead atoms. The number of hydrogen-bond acceptors (Lipinski definition) is 4. The zero-order valence-electron chi connectivity index (χ0n) is 10.7. The van der Waals surface area contributed by atoms with Gasteiger partial charge in [0.25, 0.3) is 0 Å². The molecule has 0 aromatic heterocycles. The first-order chi connectivity index (χ1) is 9.29. The van der Waals surface area contributed by atoms with E-state index in [4.69, 9.17) is 11.6 Å². The molecule has 0 aliphatic carbocycles. The molecule has 20 heavy (non-hydrogen) atoms. The van der Waals surface area contributed by atoms with Gasteiger partial charge in [-0.15, -0.1) is 11.6 Å². The number of hydrogen-bond donors (Lipinski definition) is 2. The molecule has 0 heterocycles. The Bertz CT molecular complexity index is 561. The van der Waals surface area contributed by atoms with Gasteiger partial charge < -0.3 is 10.4 Å². The third-order valence-electron chi connectivity index (χ3n) is 2.66. The van der Waals surface area contributed by atoms with Crippen molar-refractivity contribution in [2.75, 3.05) is 18.8 Å². The lowest BCUT2D eigenvalue weighted by atomic mass is 10.0. The zero-order chi connectivity index (χ0) is 15.3. The molecule has 0 spiro atoms. The van der Waals surface area contributed by atoms with E-state index in [-0.39, 0.29) is 10.8 Å². The Hall–Kier alpha value is -1.18. The molecule has 2 atom stereocenters. The number of carbonyl (C=O) groups is 1. The number of benzene rings is 1. The van der Waals surface area contributed by atoms with E-state index < -0.39 is 34.6 Å². The number of carbonyl (C=O) groups excluding carboxylic acids is 1. The number of halogens is 2. The monoisotopic (exact) mass is 323 g/mol. The summed E-state index contributed by atoms with van der Waals surface area (Å²) in [5, 5.41) is 12.2. The van der Waals surface area contributed by atoms with E-state index in [0.717, 1.165) is 6.26 Å². The summed E-state index contributed by atoms with van der Waals surface area (Å²) in [5.74, 6) is -0.933. The lowest BCUT2D eigenvalue weighted by molar-refractivity contribution is -0.120. The summed E-state index contributed by atoms with van der Waals surface area (Å²) in [7, 11) is -3.34. The molecule has 0 saturated heterocycles. The fourth-order valence-corrected chi connectivity index (χ4v) is 2.30. The molecular formula is C12H15ClFNO4S. The van der Waals surface area contributed by atoms with Crippen LogP contribution in [0.4, 0.5) is 4.39 Å². The molecule has 5 nitrogen and oxygen atoms in total. The predicted octanol–water partition coefficient (Wildman–Crippen LogP) is 0.817. The van der Waals surface area contributed by atoms with Crippen molar-refractivity contribution in [3.8, 4) is 0 Å². The van der Waals surface area contributed by atoms with Crippen LogP contribution in [0.15, 0.2) is 29.2 Å². The third kappa shape index (κ3) is 4.43. The second-order valence-electron chi connectivity index (χ2n) is 4.25. The van der Waals surface area contributed by atoms with Gasteiger partial charge in [0.05, 0.1) is 10.9 Å². The van der Waals surface area contributed by atoms with Crippen LogP contribution in [-0.4, -0.2) is 44.3 Å². The molecule has 8 heteroatoms. The highest BCUT2D eigenvalue weighted by Gasteiger charge is 2.23. The maximum Gasteiger partial charge on any atom is 0.235 e. The van der Waals surface area contributed by atoms with Gasteiger partial charge in [-0.3, -0.25) is 4.79 Å². The fraction of sp³-hybridized carbons (Fsp3) is 0.417. The number of nitrogens with one attached hydrogen (secondary N) is 1. The molecule has 0 unspecified atom stereocenters. The topological polar surface area (TPSA) is 83.5 Å². The third-order valence-corrected chi connectivity index (χ3v) is 4.04. The molecule has 1 amide bonds. The smallest absolute Gasteiger partial charge is 0.235 e. The van der Waals surface area contributed by atoms with Crippen LogP contribution in [0, 0.1) is 0 Å². The van der Waals surface area contributed by atoms with E-state index in [2.05, 4.69) is 5.32 Å². The van der Waals surface area contributed by atoms with Crippen molar-refractivity contribution in [3.05, 3.63) is 29.8 Å². The summed E-state index contributed by atoms with van der Waals surface area (Å²) in [6, 6.07) is 4.23. The van der Waals surface area contributed by atoms with Crippen LogP contribution in [0.2, 0.25) is 0 Å². The van der Waals surface area contributed by atoms with Crippen LogP contribution >= 0.6 is 11.6 Å². The molecule has 1 rings (SSSR count). The van der Waals surface area contributed by atoms with Crippen LogP contribution in [0.25, 0.3) is 0 Å². The number of alkyl halides is 2. The first-order valence-electron chi connectivity index (χ1n) is 5.69. The van der Waals surface area contributed by atoms with E-state index in [0.29, 0.717) is 5.56 Å². The molecule has 0 radical (unpaired) electrons. The van der Waals surface area contributed by atoms with Gasteiger partial charge in [0.15, 0.2) is 9.84 Å². The van der Waals surface area contributed by atoms with Crippen molar-refractivity contribution >= 4 is 27.3 Å². The molecular weight excluding hydrogens is 309 g/mol. The zero-order valence-corrected chi connectivity index (χ0v) is 12.3. The quantitative estimate of drug-likeness (QED) is 0.759. The summed E-state index contributed by atoms with van der Waals surface area (Å²) >= 11 is 5.29. The Morgan fingerprint density at radius 1 is 1.40 bits per heavy atom. The van der Waals surface area contributed by atoms with Crippen molar-refractivity contribution < 1.29 is 22.7 Å². The van der Waals surface area contributed by atoms with Crippen molar-refractivity contribution in [2.24, 2.45) is 0 Å². The highest BCUT2D eigenvalue weighted by atomic mass is 35.5. The van der Waals surface area contributed by atoms with Gasteiger partial charge >= 0.3 is 0 Å². The van der Waals surface area contributed by atoms with Gasteiger partial charge in [0, 0.05) is 6.26 Å². The Kier molecular flexibility index (Phi) is 5.91. The average Bonchev–Trinajstić information content (AvgIpc) is 2.42.